The van der Waals surface area contributed by atoms with E-state index in [-0.39, 0.29) is 0 Å². The number of hydrogen-bond donors (Lipinski definition) is 1. The molecule has 1 heteroatoms. The Morgan fingerprint density at radius 3 is 1.20 bits per heavy atom. The van der Waals surface area contributed by atoms with Crippen LogP contribution < -0.4 is 5.73 Å². The van der Waals surface area contributed by atoms with Gasteiger partial charge in [-0.25, -0.2) is 0 Å². The van der Waals surface area contributed by atoms with Gasteiger partial charge in [-0.15, -0.1) is 12.3 Å². The Morgan fingerprint density at radius 2 is 1.10 bits per heavy atom. The van der Waals surface area contributed by atoms with Crippen molar-refractivity contribution in [1.29, 1.82) is 0 Å². The molecule has 0 heterocycles. The number of unbranched alkanes of at least 4 members (excludes halogenated alkanes) is 1. The lowest BCUT2D eigenvalue weighted by molar-refractivity contribution is 0.379. The first-order valence-electron chi connectivity index (χ1n) is 8.59. The van der Waals surface area contributed by atoms with Gasteiger partial charge >= 0.3 is 0 Å². The summed E-state index contributed by atoms with van der Waals surface area (Å²) in [6.45, 7) is 16.8. The number of hydrogen-bond acceptors (Lipinski definition) is 1. The molecule has 0 saturated carbocycles. The molecule has 0 spiro atoms. The molecule has 1 nitrogen and oxygen atoms in total. The Hall–Kier alpha value is -0.480. The van der Waals surface area contributed by atoms with Gasteiger partial charge in [-0.3, -0.25) is 0 Å². The topological polar surface area (TPSA) is 26.0 Å². The lowest BCUT2D eigenvalue weighted by Crippen LogP contribution is -2.26. The van der Waals surface area contributed by atoms with Gasteiger partial charge in [0.25, 0.3) is 0 Å². The highest BCUT2D eigenvalue weighted by atomic mass is 14.6. The van der Waals surface area contributed by atoms with Crippen LogP contribution in [0.2, 0.25) is 0 Å². The van der Waals surface area contributed by atoms with Crippen molar-refractivity contribution in [3.8, 4) is 12.3 Å². The Kier molecular flexibility index (Phi) is 43.2. The van der Waals surface area contributed by atoms with Gasteiger partial charge in [0.15, 0.2) is 0 Å². The minimum atomic E-state index is 0.389. The molecular formula is C19H43N. The fourth-order valence-electron chi connectivity index (χ4n) is 1.41. The highest BCUT2D eigenvalue weighted by Crippen LogP contribution is 2.15. The van der Waals surface area contributed by atoms with Crippen LogP contribution in [0.15, 0.2) is 0 Å². The van der Waals surface area contributed by atoms with Crippen LogP contribution in [0.4, 0.5) is 0 Å². The first kappa shape index (κ1) is 27.8. The van der Waals surface area contributed by atoms with Gasteiger partial charge in [-0.2, -0.15) is 0 Å². The van der Waals surface area contributed by atoms with Gasteiger partial charge in [0.2, 0.25) is 0 Å². The van der Waals surface area contributed by atoms with Crippen molar-refractivity contribution in [3.05, 3.63) is 0 Å². The average molecular weight is 286 g/mol. The third-order valence-electron chi connectivity index (χ3n) is 2.56. The van der Waals surface area contributed by atoms with E-state index in [1.54, 1.807) is 6.92 Å². The molecule has 0 radical (unpaired) electrons. The first-order valence-corrected chi connectivity index (χ1v) is 8.59. The predicted molar refractivity (Wildman–Crippen MR) is 98.0 cm³/mol. The molecule has 0 aromatic rings. The second-order valence-electron chi connectivity index (χ2n) is 5.19. The third-order valence-corrected chi connectivity index (χ3v) is 2.56. The predicted octanol–water partition coefficient (Wildman–Crippen LogP) is 6.41. The summed E-state index contributed by atoms with van der Waals surface area (Å²) in [5.41, 5.74) is 5.81. The summed E-state index contributed by atoms with van der Waals surface area (Å²) in [5.74, 6) is 3.01. The molecule has 0 saturated heterocycles. The van der Waals surface area contributed by atoms with E-state index >= 15 is 0 Å². The van der Waals surface area contributed by atoms with Crippen molar-refractivity contribution in [2.24, 2.45) is 11.7 Å². The largest absolute Gasteiger partial charge is 0.328 e. The second kappa shape index (κ2) is 31.1. The van der Waals surface area contributed by atoms with E-state index in [1.165, 1.54) is 44.9 Å². The summed E-state index contributed by atoms with van der Waals surface area (Å²) in [7, 11) is 0. The molecule has 0 aromatic carbocycles. The van der Waals surface area contributed by atoms with E-state index in [9.17, 15) is 0 Å². The molecule has 2 N–H and O–H groups in total. The summed E-state index contributed by atoms with van der Waals surface area (Å²) < 4.78 is 0. The Balaban J connectivity index is -0.000000106. The molecule has 0 aliphatic carbocycles. The van der Waals surface area contributed by atoms with E-state index < -0.39 is 0 Å². The van der Waals surface area contributed by atoms with Crippen LogP contribution in [-0.4, -0.2) is 6.04 Å². The maximum atomic E-state index is 5.81. The normalized spacial score (nSPS) is 9.85. The summed E-state index contributed by atoms with van der Waals surface area (Å²) in [5, 5.41) is 0. The summed E-state index contributed by atoms with van der Waals surface area (Å²) in [4.78, 5) is 0. The highest BCUT2D eigenvalue weighted by molar-refractivity contribution is 4.73. The Bertz CT molecular complexity index is 148. The minimum Gasteiger partial charge on any atom is -0.328 e. The van der Waals surface area contributed by atoms with Gasteiger partial charge in [-0.1, -0.05) is 73.6 Å². The molecular weight excluding hydrogens is 242 g/mol. The molecule has 0 aliphatic rings. The van der Waals surface area contributed by atoms with Crippen LogP contribution in [0.1, 0.15) is 100 Å². The molecule has 20 heavy (non-hydrogen) atoms. The number of rotatable bonds is 6. The molecule has 0 bridgehead atoms. The van der Waals surface area contributed by atoms with Crippen LogP contribution in [-0.2, 0) is 0 Å². The summed E-state index contributed by atoms with van der Waals surface area (Å²) in [6, 6.07) is 0.389. The van der Waals surface area contributed by atoms with Crippen LogP contribution in [0.25, 0.3) is 0 Å². The zero-order valence-electron chi connectivity index (χ0n) is 15.8. The van der Waals surface area contributed by atoms with E-state index in [0.717, 1.165) is 5.92 Å². The van der Waals surface area contributed by atoms with Crippen LogP contribution in [0, 0.1) is 18.3 Å². The van der Waals surface area contributed by atoms with Crippen molar-refractivity contribution in [2.75, 3.05) is 0 Å². The van der Waals surface area contributed by atoms with Gasteiger partial charge < -0.3 is 5.73 Å². The molecule has 1 atom stereocenters. The molecule has 0 aromatic heterocycles. The molecule has 0 rings (SSSR count). The summed E-state index contributed by atoms with van der Waals surface area (Å²) in [6.07, 6.45) is 13.6. The average Bonchev–Trinajstić information content (AvgIpc) is 2.40. The standard InChI is InChI=1S/C9H21N.C4H10.C3H8.C3H4/c1-4-6-9(7-5-2)8(3)10;1-3-4-2;2*1-3-2/h8-9H,4-7,10H2,1-3H3;3-4H2,1-2H3;3H2,1-2H3;1H,2H3. The third kappa shape index (κ3) is 43.2. The van der Waals surface area contributed by atoms with E-state index in [0.29, 0.717) is 6.04 Å². The molecule has 124 valence electrons. The molecule has 0 aliphatic heterocycles. The zero-order chi connectivity index (χ0) is 16.8. The van der Waals surface area contributed by atoms with Crippen LogP contribution >= 0.6 is 0 Å². The van der Waals surface area contributed by atoms with Gasteiger partial charge in [0, 0.05) is 6.04 Å². The van der Waals surface area contributed by atoms with Crippen LogP contribution in [0.5, 0.6) is 0 Å². The fourth-order valence-corrected chi connectivity index (χ4v) is 1.41. The smallest absolute Gasteiger partial charge is 0.00387 e. The van der Waals surface area contributed by atoms with Crippen molar-refractivity contribution >= 4 is 0 Å². The van der Waals surface area contributed by atoms with E-state index in [2.05, 4.69) is 60.8 Å². The van der Waals surface area contributed by atoms with Crippen molar-refractivity contribution in [3.63, 3.8) is 0 Å². The van der Waals surface area contributed by atoms with Crippen LogP contribution in [0.3, 0.4) is 0 Å². The monoisotopic (exact) mass is 285 g/mol. The number of nitrogens with two attached hydrogens (primary N) is 1. The highest BCUT2D eigenvalue weighted by Gasteiger charge is 2.10. The van der Waals surface area contributed by atoms with Crippen molar-refractivity contribution in [2.45, 2.75) is 106 Å². The summed E-state index contributed by atoms with van der Waals surface area (Å²) >= 11 is 0. The maximum absolute atomic E-state index is 5.81. The van der Waals surface area contributed by atoms with Gasteiger partial charge in [0.05, 0.1) is 0 Å². The lowest BCUT2D eigenvalue weighted by Gasteiger charge is -2.18. The molecule has 0 fully saturated rings. The first-order chi connectivity index (χ1) is 9.46. The van der Waals surface area contributed by atoms with Gasteiger partial charge in [-0.05, 0) is 32.6 Å². The quantitative estimate of drug-likeness (QED) is 0.560. The van der Waals surface area contributed by atoms with E-state index in [4.69, 9.17) is 5.73 Å². The van der Waals surface area contributed by atoms with Crippen molar-refractivity contribution < 1.29 is 0 Å². The fraction of sp³-hybridized carbons (Fsp3) is 0.895. The molecule has 0 amide bonds. The molecule has 1 unspecified atom stereocenters. The lowest BCUT2D eigenvalue weighted by atomic mass is 9.92. The number of terminal acetylenes is 1. The van der Waals surface area contributed by atoms with E-state index in [1.807, 2.05) is 0 Å². The van der Waals surface area contributed by atoms with Crippen molar-refractivity contribution in [1.82, 2.24) is 0 Å². The maximum Gasteiger partial charge on any atom is 0.00387 e. The Labute approximate surface area is 131 Å². The zero-order valence-corrected chi connectivity index (χ0v) is 15.8. The minimum absolute atomic E-state index is 0.389. The Morgan fingerprint density at radius 1 is 0.850 bits per heavy atom. The second-order valence-corrected chi connectivity index (χ2v) is 5.19. The SMILES string of the molecule is C#CC.CCC.CCCC.CCCC(CCC)C(C)N. The van der Waals surface area contributed by atoms with Gasteiger partial charge in [0.1, 0.15) is 0 Å².